The molecule has 0 fully saturated rings. The molecule has 2 rings (SSSR count). The van der Waals surface area contributed by atoms with Gasteiger partial charge in [0.25, 0.3) is 10.0 Å². The second-order valence-corrected chi connectivity index (χ2v) is 8.45. The number of anilines is 1. The molecule has 0 unspecified atom stereocenters. The molecule has 0 spiro atoms. The van der Waals surface area contributed by atoms with Gasteiger partial charge in [-0.2, -0.15) is 13.2 Å². The van der Waals surface area contributed by atoms with Crippen LogP contribution in [0.25, 0.3) is 0 Å². The standard InChI is InChI=1S/C12H9BrF3NO2S2/c1-7-6-10(20-11(7)13)21(18,19)17-9-5-3-2-4-8(9)12(14,15)16/h2-6,17H,1H3. The van der Waals surface area contributed by atoms with Crippen LogP contribution in [0.3, 0.4) is 0 Å². The fourth-order valence-electron chi connectivity index (χ4n) is 1.58. The van der Waals surface area contributed by atoms with Gasteiger partial charge in [-0.25, -0.2) is 8.42 Å². The lowest BCUT2D eigenvalue weighted by atomic mass is 10.2. The van der Waals surface area contributed by atoms with Gasteiger partial charge in [-0.1, -0.05) is 12.1 Å². The highest BCUT2D eigenvalue weighted by atomic mass is 79.9. The number of alkyl halides is 3. The predicted octanol–water partition coefficient (Wildman–Crippen LogP) is 4.64. The van der Waals surface area contributed by atoms with E-state index in [1.54, 1.807) is 6.92 Å². The molecule has 0 saturated heterocycles. The predicted molar refractivity (Wildman–Crippen MR) is 79.0 cm³/mol. The van der Waals surface area contributed by atoms with Crippen molar-refractivity contribution in [2.75, 3.05) is 4.72 Å². The Morgan fingerprint density at radius 1 is 1.24 bits per heavy atom. The number of sulfonamides is 1. The normalized spacial score (nSPS) is 12.4. The Labute approximate surface area is 132 Å². The highest BCUT2D eigenvalue weighted by molar-refractivity contribution is 9.11. The summed E-state index contributed by atoms with van der Waals surface area (Å²) in [7, 11) is -4.06. The van der Waals surface area contributed by atoms with E-state index in [9.17, 15) is 21.6 Å². The molecule has 1 heterocycles. The molecule has 0 amide bonds. The van der Waals surface area contributed by atoms with E-state index in [-0.39, 0.29) is 4.21 Å². The van der Waals surface area contributed by atoms with Crippen LogP contribution in [-0.2, 0) is 16.2 Å². The van der Waals surface area contributed by atoms with Crippen LogP contribution in [0.2, 0.25) is 0 Å². The molecule has 0 atom stereocenters. The van der Waals surface area contributed by atoms with E-state index >= 15 is 0 Å². The number of hydrogen-bond donors (Lipinski definition) is 1. The average molecular weight is 400 g/mol. The van der Waals surface area contributed by atoms with Crippen LogP contribution < -0.4 is 4.72 Å². The Balaban J connectivity index is 2.42. The zero-order valence-electron chi connectivity index (χ0n) is 10.5. The lowest BCUT2D eigenvalue weighted by molar-refractivity contribution is -0.136. The maximum atomic E-state index is 12.9. The summed E-state index contributed by atoms with van der Waals surface area (Å²) >= 11 is 4.13. The summed E-state index contributed by atoms with van der Waals surface area (Å²) in [5.41, 5.74) is -0.822. The number of thiophene rings is 1. The van der Waals surface area contributed by atoms with Gasteiger partial charge in [-0.3, -0.25) is 4.72 Å². The van der Waals surface area contributed by atoms with E-state index in [0.717, 1.165) is 23.5 Å². The van der Waals surface area contributed by atoms with E-state index < -0.39 is 27.5 Å². The van der Waals surface area contributed by atoms with Gasteiger partial charge in [0.2, 0.25) is 0 Å². The molecule has 1 aromatic heterocycles. The minimum atomic E-state index is -4.63. The average Bonchev–Trinajstić information content (AvgIpc) is 2.69. The zero-order valence-corrected chi connectivity index (χ0v) is 13.8. The van der Waals surface area contributed by atoms with Crippen LogP contribution in [0.4, 0.5) is 18.9 Å². The lowest BCUT2D eigenvalue weighted by Crippen LogP contribution is -2.16. The monoisotopic (exact) mass is 399 g/mol. The third-order valence-electron chi connectivity index (χ3n) is 2.58. The maximum absolute atomic E-state index is 12.9. The molecule has 0 aliphatic rings. The van der Waals surface area contributed by atoms with Crippen LogP contribution in [0.5, 0.6) is 0 Å². The molecule has 114 valence electrons. The molecule has 0 saturated carbocycles. The van der Waals surface area contributed by atoms with Crippen molar-refractivity contribution < 1.29 is 21.6 Å². The van der Waals surface area contributed by atoms with Crippen molar-refractivity contribution >= 4 is 43.0 Å². The third kappa shape index (κ3) is 3.58. The fraction of sp³-hybridized carbons (Fsp3) is 0.167. The summed E-state index contributed by atoms with van der Waals surface area (Å²) in [6, 6.07) is 5.84. The van der Waals surface area contributed by atoms with Gasteiger partial charge in [-0.05, 0) is 46.6 Å². The minimum Gasteiger partial charge on any atom is -0.278 e. The summed E-state index contributed by atoms with van der Waals surface area (Å²) in [5, 5.41) is 0. The van der Waals surface area contributed by atoms with Crippen molar-refractivity contribution in [1.29, 1.82) is 0 Å². The van der Waals surface area contributed by atoms with Crippen LogP contribution in [0.15, 0.2) is 38.3 Å². The highest BCUT2D eigenvalue weighted by Crippen LogP contribution is 2.37. The molecule has 1 aromatic carbocycles. The van der Waals surface area contributed by atoms with Gasteiger partial charge in [0.1, 0.15) is 4.21 Å². The molecular formula is C12H9BrF3NO2S2. The number of aryl methyl sites for hydroxylation is 1. The van der Waals surface area contributed by atoms with E-state index in [1.165, 1.54) is 18.2 Å². The molecule has 9 heteroatoms. The number of benzene rings is 1. The smallest absolute Gasteiger partial charge is 0.278 e. The zero-order chi connectivity index (χ0) is 15.8. The first-order chi connectivity index (χ1) is 9.61. The van der Waals surface area contributed by atoms with Crippen LogP contribution in [0, 0.1) is 6.92 Å². The lowest BCUT2D eigenvalue weighted by Gasteiger charge is -2.13. The van der Waals surface area contributed by atoms with Gasteiger partial charge in [-0.15, -0.1) is 11.3 Å². The largest absolute Gasteiger partial charge is 0.418 e. The second-order valence-electron chi connectivity index (χ2n) is 4.17. The number of nitrogens with one attached hydrogen (secondary N) is 1. The topological polar surface area (TPSA) is 46.2 Å². The molecule has 1 N–H and O–H groups in total. The van der Waals surface area contributed by atoms with E-state index in [2.05, 4.69) is 15.9 Å². The first kappa shape index (κ1) is 16.3. The SMILES string of the molecule is Cc1cc(S(=O)(=O)Nc2ccccc2C(F)(F)F)sc1Br. The number of rotatable bonds is 3. The molecule has 21 heavy (non-hydrogen) atoms. The van der Waals surface area contributed by atoms with Crippen molar-refractivity contribution in [3.05, 3.63) is 45.2 Å². The molecule has 3 nitrogen and oxygen atoms in total. The molecule has 0 aliphatic heterocycles. The first-order valence-corrected chi connectivity index (χ1v) is 8.65. The van der Waals surface area contributed by atoms with Crippen molar-refractivity contribution in [1.82, 2.24) is 0 Å². The molecule has 0 radical (unpaired) electrons. The highest BCUT2D eigenvalue weighted by Gasteiger charge is 2.34. The molecule has 0 aliphatic carbocycles. The summed E-state index contributed by atoms with van der Waals surface area (Å²) in [6.45, 7) is 1.70. The van der Waals surface area contributed by atoms with Gasteiger partial charge >= 0.3 is 6.18 Å². The van der Waals surface area contributed by atoms with Crippen molar-refractivity contribution in [3.63, 3.8) is 0 Å². The number of hydrogen-bond acceptors (Lipinski definition) is 3. The van der Waals surface area contributed by atoms with Crippen molar-refractivity contribution in [3.8, 4) is 0 Å². The Morgan fingerprint density at radius 3 is 2.38 bits per heavy atom. The van der Waals surface area contributed by atoms with Crippen molar-refractivity contribution in [2.24, 2.45) is 0 Å². The van der Waals surface area contributed by atoms with E-state index in [1.807, 2.05) is 4.72 Å². The first-order valence-electron chi connectivity index (χ1n) is 5.56. The minimum absolute atomic E-state index is 0.0520. The fourth-order valence-corrected chi connectivity index (χ4v) is 4.88. The number of halogens is 4. The molecule has 0 bridgehead atoms. The summed E-state index contributed by atoms with van der Waals surface area (Å²) in [5.74, 6) is 0. The van der Waals surface area contributed by atoms with E-state index in [4.69, 9.17) is 0 Å². The molecular weight excluding hydrogens is 391 g/mol. The Bertz CT molecular complexity index is 750. The number of para-hydroxylation sites is 1. The van der Waals surface area contributed by atoms with Crippen LogP contribution >= 0.6 is 27.3 Å². The van der Waals surface area contributed by atoms with Gasteiger partial charge in [0.15, 0.2) is 0 Å². The van der Waals surface area contributed by atoms with Crippen LogP contribution in [-0.4, -0.2) is 8.42 Å². The Morgan fingerprint density at radius 2 is 1.86 bits per heavy atom. The van der Waals surface area contributed by atoms with Gasteiger partial charge in [0.05, 0.1) is 15.0 Å². The summed E-state index contributed by atoms with van der Waals surface area (Å²) in [4.78, 5) is 0. The maximum Gasteiger partial charge on any atom is 0.418 e. The summed E-state index contributed by atoms with van der Waals surface area (Å²) in [6.07, 6.45) is -4.63. The summed E-state index contributed by atoms with van der Waals surface area (Å²) < 4.78 is 65.4. The molecule has 2 aromatic rings. The second kappa shape index (κ2) is 5.62. The third-order valence-corrected chi connectivity index (χ3v) is 6.55. The Hall–Kier alpha value is -1.06. The van der Waals surface area contributed by atoms with Gasteiger partial charge < -0.3 is 0 Å². The van der Waals surface area contributed by atoms with Gasteiger partial charge in [0, 0.05) is 0 Å². The Kier molecular flexibility index (Phi) is 4.36. The van der Waals surface area contributed by atoms with Crippen molar-refractivity contribution in [2.45, 2.75) is 17.3 Å². The van der Waals surface area contributed by atoms with Crippen LogP contribution in [0.1, 0.15) is 11.1 Å². The quantitative estimate of drug-likeness (QED) is 0.816. The van der Waals surface area contributed by atoms with E-state index in [0.29, 0.717) is 9.35 Å².